The lowest BCUT2D eigenvalue weighted by atomic mass is 10.1. The summed E-state index contributed by atoms with van der Waals surface area (Å²) in [7, 11) is 0. The smallest absolute Gasteiger partial charge is 0.338 e. The third-order valence-corrected chi connectivity index (χ3v) is 6.42. The minimum Gasteiger partial charge on any atom is -0.491 e. The van der Waals surface area contributed by atoms with E-state index in [1.165, 1.54) is 0 Å². The van der Waals surface area contributed by atoms with Crippen molar-refractivity contribution in [3.63, 3.8) is 0 Å². The van der Waals surface area contributed by atoms with E-state index in [0.29, 0.717) is 38.6 Å². The van der Waals surface area contributed by atoms with Gasteiger partial charge in [-0.05, 0) is 72.9 Å². The molecule has 0 bridgehead atoms. The molecule has 0 fully saturated rings. The van der Waals surface area contributed by atoms with Crippen molar-refractivity contribution in [1.82, 2.24) is 0 Å². The van der Waals surface area contributed by atoms with Crippen LogP contribution in [0.5, 0.6) is 11.5 Å². The van der Waals surface area contributed by atoms with E-state index in [9.17, 15) is 4.79 Å². The Balaban J connectivity index is 1.37. The maximum atomic E-state index is 12.3. The van der Waals surface area contributed by atoms with Crippen LogP contribution in [0.25, 0.3) is 11.1 Å². The second kappa shape index (κ2) is 18.1. The number of ether oxygens (including phenoxy) is 5. The van der Waals surface area contributed by atoms with E-state index in [2.05, 4.69) is 13.8 Å². The van der Waals surface area contributed by atoms with E-state index in [1.807, 2.05) is 67.6 Å². The Labute approximate surface area is 239 Å². The number of carbonyl (C=O) groups is 1. The molecule has 6 nitrogen and oxygen atoms in total. The summed E-state index contributed by atoms with van der Waals surface area (Å²) >= 11 is 0. The van der Waals surface area contributed by atoms with Gasteiger partial charge in [-0.1, -0.05) is 69.5 Å². The number of esters is 1. The van der Waals surface area contributed by atoms with Gasteiger partial charge in [-0.2, -0.15) is 0 Å². The number of hydrogen-bond acceptors (Lipinski definition) is 6. The lowest BCUT2D eigenvalue weighted by Crippen LogP contribution is -2.15. The first-order valence-electron chi connectivity index (χ1n) is 14.5. The maximum absolute atomic E-state index is 12.3. The van der Waals surface area contributed by atoms with Gasteiger partial charge in [-0.15, -0.1) is 0 Å². The molecule has 0 aliphatic heterocycles. The molecule has 0 aliphatic carbocycles. The number of rotatable bonds is 19. The summed E-state index contributed by atoms with van der Waals surface area (Å²) in [5.41, 5.74) is 3.75. The van der Waals surface area contributed by atoms with Crippen LogP contribution in [0, 0.1) is 0 Å². The molecule has 3 aromatic rings. The van der Waals surface area contributed by atoms with Crippen LogP contribution in [-0.2, 0) is 20.8 Å². The highest BCUT2D eigenvalue weighted by Gasteiger charge is 2.12. The lowest BCUT2D eigenvalue weighted by Gasteiger charge is -2.13. The van der Waals surface area contributed by atoms with Crippen molar-refractivity contribution in [1.29, 1.82) is 0 Å². The quantitative estimate of drug-likeness (QED) is 0.112. The van der Waals surface area contributed by atoms with Crippen molar-refractivity contribution < 1.29 is 28.5 Å². The molecule has 0 spiro atoms. The van der Waals surface area contributed by atoms with E-state index in [-0.39, 0.29) is 12.1 Å². The van der Waals surface area contributed by atoms with Gasteiger partial charge in [0, 0.05) is 6.61 Å². The summed E-state index contributed by atoms with van der Waals surface area (Å²) in [5.74, 6) is 1.32. The van der Waals surface area contributed by atoms with Crippen molar-refractivity contribution in [2.75, 3.05) is 33.0 Å². The Kier molecular flexibility index (Phi) is 14.1. The average Bonchev–Trinajstić information content (AvgIpc) is 2.99. The zero-order valence-corrected chi connectivity index (χ0v) is 24.2. The van der Waals surface area contributed by atoms with Crippen LogP contribution in [0.15, 0.2) is 72.8 Å². The molecule has 1 atom stereocenters. The van der Waals surface area contributed by atoms with Gasteiger partial charge >= 0.3 is 5.97 Å². The molecule has 3 rings (SSSR count). The minimum absolute atomic E-state index is 0.0689. The van der Waals surface area contributed by atoms with Gasteiger partial charge in [0.25, 0.3) is 0 Å². The second-order valence-corrected chi connectivity index (χ2v) is 9.82. The van der Waals surface area contributed by atoms with E-state index >= 15 is 0 Å². The van der Waals surface area contributed by atoms with Crippen molar-refractivity contribution in [3.05, 3.63) is 83.9 Å². The number of carbonyl (C=O) groups excluding carboxylic acids is 1. The van der Waals surface area contributed by atoms with Crippen molar-refractivity contribution in [3.8, 4) is 22.6 Å². The Morgan fingerprint density at radius 2 is 1.20 bits per heavy atom. The molecule has 0 heterocycles. The SMILES string of the molecule is CCCCOCCOCCOc1ccc(-c2ccc(OCc3ccc(C(=O)OC(C)CCCC)cc3)cc2)cc1. The fraction of sp³-hybridized carbons (Fsp3) is 0.441. The highest BCUT2D eigenvalue weighted by molar-refractivity contribution is 5.89. The molecule has 0 saturated heterocycles. The molecule has 6 heteroatoms. The fourth-order valence-corrected chi connectivity index (χ4v) is 3.98. The molecule has 40 heavy (non-hydrogen) atoms. The zero-order chi connectivity index (χ0) is 28.4. The average molecular weight is 549 g/mol. The van der Waals surface area contributed by atoms with E-state index in [4.69, 9.17) is 23.7 Å². The van der Waals surface area contributed by atoms with Crippen molar-refractivity contribution >= 4 is 5.97 Å². The first kappa shape index (κ1) is 31.2. The highest BCUT2D eigenvalue weighted by atomic mass is 16.5. The van der Waals surface area contributed by atoms with Gasteiger partial charge in [-0.25, -0.2) is 4.79 Å². The van der Waals surface area contributed by atoms with Crippen molar-refractivity contribution in [2.24, 2.45) is 0 Å². The van der Waals surface area contributed by atoms with Crippen LogP contribution in [0.3, 0.4) is 0 Å². The Hall–Kier alpha value is -3.35. The molecule has 3 aromatic carbocycles. The number of hydrogen-bond donors (Lipinski definition) is 0. The molecule has 0 amide bonds. The first-order valence-corrected chi connectivity index (χ1v) is 14.5. The van der Waals surface area contributed by atoms with Crippen LogP contribution in [-0.4, -0.2) is 45.1 Å². The lowest BCUT2D eigenvalue weighted by molar-refractivity contribution is 0.0320. The van der Waals surface area contributed by atoms with E-state index in [0.717, 1.165) is 66.9 Å². The van der Waals surface area contributed by atoms with E-state index in [1.54, 1.807) is 12.1 Å². The summed E-state index contributed by atoms with van der Waals surface area (Å²) in [6.45, 7) is 9.70. The second-order valence-electron chi connectivity index (χ2n) is 9.82. The van der Waals surface area contributed by atoms with Crippen molar-refractivity contribution in [2.45, 2.75) is 65.6 Å². The Morgan fingerprint density at radius 3 is 1.80 bits per heavy atom. The number of benzene rings is 3. The molecule has 1 unspecified atom stereocenters. The van der Waals surface area contributed by atoms with Crippen LogP contribution in [0.1, 0.15) is 68.8 Å². The molecule has 0 saturated carbocycles. The van der Waals surface area contributed by atoms with Gasteiger partial charge in [0.15, 0.2) is 0 Å². The summed E-state index contributed by atoms with van der Waals surface area (Å²) < 4.78 is 28.3. The van der Waals surface area contributed by atoms with Crippen LogP contribution in [0.4, 0.5) is 0 Å². The van der Waals surface area contributed by atoms with Gasteiger partial charge in [0.2, 0.25) is 0 Å². The third kappa shape index (κ3) is 11.4. The third-order valence-electron chi connectivity index (χ3n) is 6.42. The molecule has 0 aliphatic rings. The molecule has 0 radical (unpaired) electrons. The molecule has 0 aromatic heterocycles. The highest BCUT2D eigenvalue weighted by Crippen LogP contribution is 2.25. The number of unbranched alkanes of at least 4 members (excludes halogenated alkanes) is 2. The Bertz CT molecular complexity index is 1090. The maximum Gasteiger partial charge on any atom is 0.338 e. The largest absolute Gasteiger partial charge is 0.491 e. The monoisotopic (exact) mass is 548 g/mol. The van der Waals surface area contributed by atoms with Crippen LogP contribution < -0.4 is 9.47 Å². The summed E-state index contributed by atoms with van der Waals surface area (Å²) in [4.78, 5) is 12.3. The molecular formula is C34H44O6. The fourth-order valence-electron chi connectivity index (χ4n) is 3.98. The predicted octanol–water partition coefficient (Wildman–Crippen LogP) is 7.88. The zero-order valence-electron chi connectivity index (χ0n) is 24.2. The normalized spacial score (nSPS) is 11.7. The Morgan fingerprint density at radius 1 is 0.650 bits per heavy atom. The van der Waals surface area contributed by atoms with Gasteiger partial charge < -0.3 is 23.7 Å². The first-order chi connectivity index (χ1) is 19.6. The van der Waals surface area contributed by atoms with Crippen LogP contribution >= 0.6 is 0 Å². The standard InChI is InChI=1S/C34H44O6/c1-4-6-8-27(3)40-34(35)31-11-9-28(10-12-31)26-39-33-19-15-30(16-20-33)29-13-17-32(18-14-29)38-25-24-37-23-22-36-21-7-5-2/h9-20,27H,4-8,21-26H2,1-3H3. The van der Waals surface area contributed by atoms with E-state index < -0.39 is 0 Å². The van der Waals surface area contributed by atoms with Gasteiger partial charge in [-0.3, -0.25) is 0 Å². The topological polar surface area (TPSA) is 63.2 Å². The summed E-state index contributed by atoms with van der Waals surface area (Å²) in [6.07, 6.45) is 5.20. The summed E-state index contributed by atoms with van der Waals surface area (Å²) in [5, 5.41) is 0. The van der Waals surface area contributed by atoms with Gasteiger partial charge in [0.1, 0.15) is 24.7 Å². The predicted molar refractivity (Wildman–Crippen MR) is 159 cm³/mol. The molecular weight excluding hydrogens is 504 g/mol. The molecule has 216 valence electrons. The van der Waals surface area contributed by atoms with Crippen LogP contribution in [0.2, 0.25) is 0 Å². The molecule has 0 N–H and O–H groups in total. The minimum atomic E-state index is -0.278. The van der Waals surface area contributed by atoms with Gasteiger partial charge in [0.05, 0.1) is 31.5 Å². The summed E-state index contributed by atoms with van der Waals surface area (Å²) in [6, 6.07) is 23.4.